The number of benzene rings is 2. The lowest BCUT2D eigenvalue weighted by Gasteiger charge is -2.08. The summed E-state index contributed by atoms with van der Waals surface area (Å²) in [5.74, 6) is 0.0571. The molecule has 0 amide bonds. The van der Waals surface area contributed by atoms with Crippen molar-refractivity contribution >= 4 is 17.3 Å². The molecule has 192 valence electrons. The highest BCUT2D eigenvalue weighted by Crippen LogP contribution is 2.24. The molecule has 0 saturated carbocycles. The summed E-state index contributed by atoms with van der Waals surface area (Å²) in [6, 6.07) is 21.3. The van der Waals surface area contributed by atoms with Crippen molar-refractivity contribution in [1.82, 2.24) is 9.97 Å². The van der Waals surface area contributed by atoms with E-state index in [-0.39, 0.29) is 18.2 Å². The van der Waals surface area contributed by atoms with E-state index in [4.69, 9.17) is 14.6 Å². The number of nitrogens with zero attached hydrogens (tertiary/aromatic N) is 2. The molecule has 0 atom stereocenters. The number of hydrogen-bond donors (Lipinski definition) is 1. The van der Waals surface area contributed by atoms with Crippen LogP contribution in [-0.2, 0) is 19.6 Å². The number of pyridine rings is 1. The summed E-state index contributed by atoms with van der Waals surface area (Å²) in [6.07, 6.45) is 7.62. The maximum absolute atomic E-state index is 11.1. The molecule has 2 aromatic carbocycles. The van der Waals surface area contributed by atoms with Crippen LogP contribution in [0, 0.1) is 0 Å². The third kappa shape index (κ3) is 8.15. The van der Waals surface area contributed by atoms with Gasteiger partial charge in [-0.3, -0.25) is 0 Å². The Kier molecular flexibility index (Phi) is 9.66. The molecule has 4 rings (SSSR count). The van der Waals surface area contributed by atoms with Crippen LogP contribution in [0.15, 0.2) is 72.1 Å². The number of aryl methyl sites for hydroxylation is 1. The first-order valence-corrected chi connectivity index (χ1v) is 13.6. The fourth-order valence-electron chi connectivity index (χ4n) is 3.88. The number of carbonyl (C=O) groups is 1. The van der Waals surface area contributed by atoms with Crippen molar-refractivity contribution in [3.8, 4) is 22.9 Å². The van der Waals surface area contributed by atoms with Crippen LogP contribution in [0.5, 0.6) is 11.6 Å². The highest BCUT2D eigenvalue weighted by atomic mass is 32.1. The fourth-order valence-corrected chi connectivity index (χ4v) is 4.60. The molecule has 37 heavy (non-hydrogen) atoms. The summed E-state index contributed by atoms with van der Waals surface area (Å²) < 4.78 is 11.6. The Morgan fingerprint density at radius 2 is 1.59 bits per heavy atom. The van der Waals surface area contributed by atoms with Gasteiger partial charge in [-0.15, -0.1) is 11.3 Å². The van der Waals surface area contributed by atoms with Gasteiger partial charge in [-0.1, -0.05) is 75.1 Å². The van der Waals surface area contributed by atoms with Crippen LogP contribution < -0.4 is 9.47 Å². The van der Waals surface area contributed by atoms with Crippen molar-refractivity contribution in [1.29, 1.82) is 0 Å². The van der Waals surface area contributed by atoms with Gasteiger partial charge in [0, 0.05) is 17.0 Å². The van der Waals surface area contributed by atoms with E-state index in [1.54, 1.807) is 12.1 Å². The molecule has 0 spiro atoms. The molecule has 0 aliphatic heterocycles. The molecule has 2 aromatic heterocycles. The van der Waals surface area contributed by atoms with E-state index < -0.39 is 5.97 Å². The first kappa shape index (κ1) is 26.4. The van der Waals surface area contributed by atoms with Crippen LogP contribution in [-0.4, -0.2) is 21.0 Å². The summed E-state index contributed by atoms with van der Waals surface area (Å²) in [5, 5.41) is 11.8. The van der Waals surface area contributed by atoms with Gasteiger partial charge in [-0.05, 0) is 42.2 Å². The van der Waals surface area contributed by atoms with Crippen molar-refractivity contribution in [2.75, 3.05) is 0 Å². The van der Waals surface area contributed by atoms with Gasteiger partial charge in [0.2, 0.25) is 5.88 Å². The summed E-state index contributed by atoms with van der Waals surface area (Å²) in [7, 11) is 0. The Bertz CT molecular complexity index is 1270. The van der Waals surface area contributed by atoms with Crippen LogP contribution in [0.3, 0.4) is 0 Å². The molecule has 0 aliphatic carbocycles. The number of rotatable bonds is 14. The van der Waals surface area contributed by atoms with Gasteiger partial charge in [0.1, 0.15) is 24.0 Å². The molecule has 0 radical (unpaired) electrons. The zero-order valence-corrected chi connectivity index (χ0v) is 21.9. The molecule has 2 heterocycles. The lowest BCUT2D eigenvalue weighted by atomic mass is 10.1. The second kappa shape index (κ2) is 13.6. The van der Waals surface area contributed by atoms with Gasteiger partial charge < -0.3 is 14.6 Å². The second-order valence-electron chi connectivity index (χ2n) is 8.88. The minimum atomic E-state index is -1.09. The van der Waals surface area contributed by atoms with Crippen molar-refractivity contribution in [3.63, 3.8) is 0 Å². The zero-order chi connectivity index (χ0) is 25.9. The fraction of sp³-hybridized carbons (Fsp3) is 0.300. The van der Waals surface area contributed by atoms with E-state index in [1.165, 1.54) is 55.1 Å². The third-order valence-electron chi connectivity index (χ3n) is 5.99. The summed E-state index contributed by atoms with van der Waals surface area (Å²) >= 11 is 1.49. The van der Waals surface area contributed by atoms with Crippen molar-refractivity contribution < 1.29 is 19.4 Å². The van der Waals surface area contributed by atoms with Crippen LogP contribution in [0.1, 0.15) is 65.7 Å². The maximum atomic E-state index is 11.1. The molecule has 4 aromatic rings. The average Bonchev–Trinajstić information content (AvgIpc) is 3.41. The van der Waals surface area contributed by atoms with E-state index in [9.17, 15) is 4.79 Å². The van der Waals surface area contributed by atoms with E-state index >= 15 is 0 Å². The van der Waals surface area contributed by atoms with Crippen LogP contribution >= 0.6 is 11.3 Å². The van der Waals surface area contributed by atoms with Crippen molar-refractivity contribution in [2.24, 2.45) is 0 Å². The Morgan fingerprint density at radius 3 is 2.35 bits per heavy atom. The Labute approximate surface area is 222 Å². The van der Waals surface area contributed by atoms with Crippen LogP contribution in [0.4, 0.5) is 0 Å². The monoisotopic (exact) mass is 516 g/mol. The Morgan fingerprint density at radius 1 is 0.838 bits per heavy atom. The van der Waals surface area contributed by atoms with Crippen LogP contribution in [0.25, 0.3) is 11.3 Å². The van der Waals surface area contributed by atoms with Crippen molar-refractivity contribution in [3.05, 3.63) is 93.9 Å². The molecule has 7 heteroatoms. The third-order valence-corrected chi connectivity index (χ3v) is 6.81. The maximum Gasteiger partial charge on any atom is 0.354 e. The summed E-state index contributed by atoms with van der Waals surface area (Å²) in [4.78, 5) is 19.7. The largest absolute Gasteiger partial charge is 0.489 e. The second-order valence-corrected chi connectivity index (χ2v) is 9.82. The van der Waals surface area contributed by atoms with E-state index in [0.29, 0.717) is 6.61 Å². The molecule has 1 N–H and O–H groups in total. The highest BCUT2D eigenvalue weighted by Gasteiger charge is 2.09. The molecule has 6 nitrogen and oxygen atoms in total. The standard InChI is InChI=1S/C30H32N2O4S/c1-2-3-4-5-6-8-22-13-17-25(18-14-22)35-19-23-11-15-24(16-12-23)27-21-37-29(32-27)20-36-28-10-7-9-26(31-28)30(33)34/h7,9-18,21H,2-6,8,19-20H2,1H3,(H,33,34). The number of hydrogen-bond acceptors (Lipinski definition) is 6. The van der Waals surface area contributed by atoms with Crippen molar-refractivity contribution in [2.45, 2.75) is 58.7 Å². The molecule has 0 fully saturated rings. The van der Waals surface area contributed by atoms with E-state index in [0.717, 1.165) is 34.0 Å². The number of ether oxygens (including phenoxy) is 2. The molecular formula is C30H32N2O4S. The van der Waals surface area contributed by atoms with E-state index in [1.807, 2.05) is 17.5 Å². The van der Waals surface area contributed by atoms with Crippen LogP contribution in [0.2, 0.25) is 0 Å². The number of aromatic nitrogens is 2. The first-order chi connectivity index (χ1) is 18.1. The first-order valence-electron chi connectivity index (χ1n) is 12.7. The normalized spacial score (nSPS) is 10.8. The summed E-state index contributed by atoms with van der Waals surface area (Å²) in [6.45, 7) is 2.98. The van der Waals surface area contributed by atoms with Gasteiger partial charge in [-0.2, -0.15) is 0 Å². The Hall–Kier alpha value is -3.71. The topological polar surface area (TPSA) is 81.5 Å². The molecule has 0 bridgehead atoms. The molecule has 0 unspecified atom stereocenters. The predicted octanol–water partition coefficient (Wildman–Crippen LogP) is 7.57. The quantitative estimate of drug-likeness (QED) is 0.174. The molecular weight excluding hydrogens is 484 g/mol. The minimum absolute atomic E-state index is 0.0495. The van der Waals surface area contributed by atoms with Gasteiger partial charge in [-0.25, -0.2) is 14.8 Å². The summed E-state index contributed by atoms with van der Waals surface area (Å²) in [5.41, 5.74) is 4.29. The SMILES string of the molecule is CCCCCCCc1ccc(OCc2ccc(-c3csc(COc4cccc(C(=O)O)n4)n3)cc2)cc1. The number of thiazole rings is 1. The van der Waals surface area contributed by atoms with Gasteiger partial charge in [0.15, 0.2) is 5.69 Å². The van der Waals surface area contributed by atoms with Gasteiger partial charge in [0.05, 0.1) is 5.69 Å². The smallest absolute Gasteiger partial charge is 0.354 e. The van der Waals surface area contributed by atoms with E-state index in [2.05, 4.69) is 53.3 Å². The molecule has 0 aliphatic rings. The highest BCUT2D eigenvalue weighted by molar-refractivity contribution is 7.09. The Balaban J connectivity index is 1.24. The lowest BCUT2D eigenvalue weighted by molar-refractivity contribution is 0.0689. The van der Waals surface area contributed by atoms with Gasteiger partial charge in [0.25, 0.3) is 0 Å². The predicted molar refractivity (Wildman–Crippen MR) is 146 cm³/mol. The zero-order valence-electron chi connectivity index (χ0n) is 21.1. The van der Waals surface area contributed by atoms with Gasteiger partial charge >= 0.3 is 5.97 Å². The average molecular weight is 517 g/mol. The number of carboxylic acids is 1. The molecule has 0 saturated heterocycles. The number of carboxylic acid groups (broad SMARTS) is 1. The lowest BCUT2D eigenvalue weighted by Crippen LogP contribution is -2.03. The number of unbranched alkanes of at least 4 members (excludes halogenated alkanes) is 4. The number of aromatic carboxylic acids is 1. The minimum Gasteiger partial charge on any atom is -0.489 e.